The molecule has 0 aromatic carbocycles. The molecule has 1 aliphatic carbocycles. The molecule has 3 aliphatic rings. The van der Waals surface area contributed by atoms with Gasteiger partial charge in [-0.25, -0.2) is 0 Å². The summed E-state index contributed by atoms with van der Waals surface area (Å²) < 4.78 is 38.1. The molecule has 1 atom stereocenters. The normalized spacial score (nSPS) is 33.7. The van der Waals surface area contributed by atoms with Crippen LogP contribution in [0.2, 0.25) is 0 Å². The predicted octanol–water partition coefficient (Wildman–Crippen LogP) is 5.35. The number of aromatic nitrogens is 1. The summed E-state index contributed by atoms with van der Waals surface area (Å²) in [5.41, 5.74) is 0.746. The summed E-state index contributed by atoms with van der Waals surface area (Å²) >= 11 is 2.11. The van der Waals surface area contributed by atoms with Crippen molar-refractivity contribution in [2.75, 3.05) is 24.6 Å². The molecule has 2 nitrogen and oxygen atoms in total. The SMILES string of the molecule is FC(F)(F)c1ccc(C2CCC(N3CCC[C@@]4(CCSC4)C3)CC2)nc1. The first-order chi connectivity index (χ1) is 12.5. The minimum Gasteiger partial charge on any atom is -0.300 e. The second-order valence-corrected chi connectivity index (χ2v) is 9.46. The minimum atomic E-state index is -4.30. The lowest BCUT2D eigenvalue weighted by molar-refractivity contribution is -0.137. The van der Waals surface area contributed by atoms with E-state index >= 15 is 0 Å². The van der Waals surface area contributed by atoms with Crippen LogP contribution in [-0.4, -0.2) is 40.5 Å². The Labute approximate surface area is 157 Å². The molecule has 1 spiro atoms. The van der Waals surface area contributed by atoms with Crippen molar-refractivity contribution in [3.05, 3.63) is 29.6 Å². The Balaban J connectivity index is 1.34. The van der Waals surface area contributed by atoms with E-state index in [9.17, 15) is 13.2 Å². The van der Waals surface area contributed by atoms with Crippen LogP contribution in [0.4, 0.5) is 13.2 Å². The maximum absolute atomic E-state index is 12.7. The molecule has 0 radical (unpaired) electrons. The predicted molar refractivity (Wildman–Crippen MR) is 99.4 cm³/mol. The van der Waals surface area contributed by atoms with Crippen LogP contribution >= 0.6 is 11.8 Å². The van der Waals surface area contributed by atoms with Crippen LogP contribution in [0.5, 0.6) is 0 Å². The number of thioether (sulfide) groups is 1. The number of rotatable bonds is 2. The zero-order valence-corrected chi connectivity index (χ0v) is 15.9. The Morgan fingerprint density at radius 3 is 2.54 bits per heavy atom. The number of alkyl halides is 3. The first-order valence-corrected chi connectivity index (χ1v) is 11.0. The Morgan fingerprint density at radius 1 is 1.12 bits per heavy atom. The fourth-order valence-corrected chi connectivity index (χ4v) is 6.62. The second kappa shape index (κ2) is 7.34. The number of pyridine rings is 1. The smallest absolute Gasteiger partial charge is 0.300 e. The quantitative estimate of drug-likeness (QED) is 0.684. The number of nitrogens with zero attached hydrogens (tertiary/aromatic N) is 2. The van der Waals surface area contributed by atoms with Crippen molar-refractivity contribution in [2.24, 2.45) is 5.41 Å². The molecule has 26 heavy (non-hydrogen) atoms. The molecule has 0 unspecified atom stereocenters. The highest BCUT2D eigenvalue weighted by molar-refractivity contribution is 7.99. The minimum absolute atomic E-state index is 0.314. The van der Waals surface area contributed by atoms with E-state index in [2.05, 4.69) is 21.6 Å². The number of hydrogen-bond acceptors (Lipinski definition) is 3. The third-order valence-corrected chi connectivity index (χ3v) is 7.93. The lowest BCUT2D eigenvalue weighted by atomic mass is 9.77. The highest BCUT2D eigenvalue weighted by Crippen LogP contribution is 2.45. The monoisotopic (exact) mass is 384 g/mol. The highest BCUT2D eigenvalue weighted by Gasteiger charge is 2.40. The van der Waals surface area contributed by atoms with Gasteiger partial charge >= 0.3 is 6.18 Å². The van der Waals surface area contributed by atoms with Crippen LogP contribution in [-0.2, 0) is 6.18 Å². The Hall–Kier alpha value is -0.750. The van der Waals surface area contributed by atoms with Gasteiger partial charge in [0.2, 0.25) is 0 Å². The van der Waals surface area contributed by atoms with E-state index in [1.54, 1.807) is 6.07 Å². The van der Waals surface area contributed by atoms with Crippen LogP contribution in [0.15, 0.2) is 18.3 Å². The van der Waals surface area contributed by atoms with E-state index in [0.717, 1.165) is 37.6 Å². The van der Waals surface area contributed by atoms with Crippen LogP contribution in [0.1, 0.15) is 62.1 Å². The first-order valence-electron chi connectivity index (χ1n) is 9.80. The number of likely N-dealkylation sites (tertiary alicyclic amines) is 1. The molecule has 4 rings (SSSR count). The van der Waals surface area contributed by atoms with Gasteiger partial charge < -0.3 is 0 Å². The van der Waals surface area contributed by atoms with E-state index < -0.39 is 11.7 Å². The summed E-state index contributed by atoms with van der Waals surface area (Å²) in [5.74, 6) is 2.96. The Morgan fingerprint density at radius 2 is 1.92 bits per heavy atom. The fraction of sp³-hybridized carbons (Fsp3) is 0.750. The molecule has 6 heteroatoms. The van der Waals surface area contributed by atoms with Gasteiger partial charge in [0, 0.05) is 36.1 Å². The Kier molecular flexibility index (Phi) is 5.26. The van der Waals surface area contributed by atoms with Crippen LogP contribution < -0.4 is 0 Å². The number of halogens is 3. The van der Waals surface area contributed by atoms with Gasteiger partial charge in [0.15, 0.2) is 0 Å². The molecule has 144 valence electrons. The standard InChI is InChI=1S/C20H27F3N2S/c21-20(22,23)16-4-7-18(24-12-16)15-2-5-17(6-3-15)25-10-1-8-19(13-25)9-11-26-14-19/h4,7,12,15,17H,1-3,5-6,8-11,13-14H2/t15?,17?,19-/m1/s1. The molecular formula is C20H27F3N2S. The van der Waals surface area contributed by atoms with Gasteiger partial charge in [-0.1, -0.05) is 0 Å². The number of piperidine rings is 1. The van der Waals surface area contributed by atoms with Gasteiger partial charge in [0.25, 0.3) is 0 Å². The molecule has 3 heterocycles. The average Bonchev–Trinajstić information content (AvgIpc) is 3.09. The summed E-state index contributed by atoms with van der Waals surface area (Å²) in [7, 11) is 0. The van der Waals surface area contributed by atoms with Gasteiger partial charge in [0.05, 0.1) is 5.56 Å². The third-order valence-electron chi connectivity index (χ3n) is 6.62. The fourth-order valence-electron chi connectivity index (χ4n) is 5.08. The molecular weight excluding hydrogens is 357 g/mol. The molecule has 3 fully saturated rings. The molecule has 0 bridgehead atoms. The maximum atomic E-state index is 12.7. The molecule has 1 aromatic heterocycles. The van der Waals surface area contributed by atoms with Gasteiger partial charge in [-0.2, -0.15) is 24.9 Å². The van der Waals surface area contributed by atoms with Gasteiger partial charge in [-0.15, -0.1) is 0 Å². The molecule has 2 saturated heterocycles. The van der Waals surface area contributed by atoms with Gasteiger partial charge in [-0.3, -0.25) is 9.88 Å². The summed E-state index contributed by atoms with van der Waals surface area (Å²) in [6.45, 7) is 2.48. The van der Waals surface area contributed by atoms with Crippen molar-refractivity contribution in [3.63, 3.8) is 0 Å². The maximum Gasteiger partial charge on any atom is 0.417 e. The van der Waals surface area contributed by atoms with Crippen molar-refractivity contribution >= 4 is 11.8 Å². The lowest BCUT2D eigenvalue weighted by Gasteiger charge is -2.45. The summed E-state index contributed by atoms with van der Waals surface area (Å²) in [6, 6.07) is 3.42. The summed E-state index contributed by atoms with van der Waals surface area (Å²) in [4.78, 5) is 6.86. The summed E-state index contributed by atoms with van der Waals surface area (Å²) in [5, 5.41) is 0. The van der Waals surface area contributed by atoms with Gasteiger partial charge in [0.1, 0.15) is 0 Å². The average molecular weight is 385 g/mol. The van der Waals surface area contributed by atoms with Crippen molar-refractivity contribution in [2.45, 2.75) is 63.1 Å². The largest absolute Gasteiger partial charge is 0.417 e. The van der Waals surface area contributed by atoms with Crippen molar-refractivity contribution < 1.29 is 13.2 Å². The zero-order chi connectivity index (χ0) is 18.2. The van der Waals surface area contributed by atoms with Crippen LogP contribution in [0.3, 0.4) is 0 Å². The van der Waals surface area contributed by atoms with Gasteiger partial charge in [-0.05, 0) is 74.8 Å². The second-order valence-electron chi connectivity index (χ2n) is 8.35. The summed E-state index contributed by atoms with van der Waals surface area (Å²) in [6.07, 6.45) is 5.16. The Bertz CT molecular complexity index is 602. The van der Waals surface area contributed by atoms with Crippen molar-refractivity contribution in [1.82, 2.24) is 9.88 Å². The first kappa shape index (κ1) is 18.6. The molecule has 1 saturated carbocycles. The lowest BCUT2D eigenvalue weighted by Crippen LogP contribution is -2.49. The molecule has 0 N–H and O–H groups in total. The van der Waals surface area contributed by atoms with E-state index in [0.29, 0.717) is 17.4 Å². The van der Waals surface area contributed by atoms with Crippen LogP contribution in [0, 0.1) is 5.41 Å². The van der Waals surface area contributed by atoms with Crippen molar-refractivity contribution in [1.29, 1.82) is 0 Å². The molecule has 0 amide bonds. The zero-order valence-electron chi connectivity index (χ0n) is 15.1. The number of hydrogen-bond donors (Lipinski definition) is 0. The van der Waals surface area contributed by atoms with E-state index in [1.165, 1.54) is 49.9 Å². The third kappa shape index (κ3) is 3.91. The van der Waals surface area contributed by atoms with E-state index in [1.807, 2.05) is 0 Å². The van der Waals surface area contributed by atoms with Crippen molar-refractivity contribution in [3.8, 4) is 0 Å². The van der Waals surface area contributed by atoms with E-state index in [4.69, 9.17) is 0 Å². The van der Waals surface area contributed by atoms with E-state index in [-0.39, 0.29) is 0 Å². The van der Waals surface area contributed by atoms with Crippen LogP contribution in [0.25, 0.3) is 0 Å². The molecule has 1 aromatic rings. The highest BCUT2D eigenvalue weighted by atomic mass is 32.2. The topological polar surface area (TPSA) is 16.1 Å². The molecule has 2 aliphatic heterocycles.